The van der Waals surface area contributed by atoms with Gasteiger partial charge in [-0.05, 0) is 13.0 Å². The van der Waals surface area contributed by atoms with Crippen molar-refractivity contribution in [2.24, 2.45) is 0 Å². The zero-order chi connectivity index (χ0) is 11.4. The Kier molecular flexibility index (Phi) is 3.85. The van der Waals surface area contributed by atoms with E-state index in [1.54, 1.807) is 6.92 Å². The maximum absolute atomic E-state index is 13.2. The Labute approximate surface area is 86.5 Å². The van der Waals surface area contributed by atoms with E-state index in [0.29, 0.717) is 0 Å². The summed E-state index contributed by atoms with van der Waals surface area (Å²) in [4.78, 5) is 10.6. The van der Waals surface area contributed by atoms with Crippen LogP contribution in [-0.2, 0) is 9.53 Å². The normalized spacial score (nSPS) is 20.3. The lowest BCUT2D eigenvalue weighted by Crippen LogP contribution is -2.24. The van der Waals surface area contributed by atoms with Crippen LogP contribution in [0.2, 0.25) is 5.82 Å². The summed E-state index contributed by atoms with van der Waals surface area (Å²) in [7, 11) is -1.78. The van der Waals surface area contributed by atoms with Crippen LogP contribution >= 0.6 is 0 Å². The van der Waals surface area contributed by atoms with Gasteiger partial charge in [0.1, 0.15) is 5.94 Å². The van der Waals surface area contributed by atoms with E-state index in [2.05, 4.69) is 0 Å². The van der Waals surface area contributed by atoms with Crippen molar-refractivity contribution in [3.63, 3.8) is 0 Å². The average molecular weight is 212 g/mol. The van der Waals surface area contributed by atoms with Crippen LogP contribution < -0.4 is 0 Å². The maximum atomic E-state index is 13.2. The average Bonchev–Trinajstić information content (AvgIpc) is 2.20. The third kappa shape index (κ3) is 2.36. The van der Waals surface area contributed by atoms with Crippen LogP contribution in [0.4, 0.5) is 4.39 Å². The summed E-state index contributed by atoms with van der Waals surface area (Å²) in [5.74, 6) is -0.509. The third-order valence-corrected chi connectivity index (χ3v) is 1.96. The molecule has 6 heteroatoms. The van der Waals surface area contributed by atoms with Crippen molar-refractivity contribution < 1.29 is 24.0 Å². The number of ether oxygens (including phenoxy) is 1. The van der Waals surface area contributed by atoms with Crippen molar-refractivity contribution in [3.8, 4) is 0 Å². The molecule has 4 nitrogen and oxygen atoms in total. The van der Waals surface area contributed by atoms with Crippen LogP contribution in [0.3, 0.4) is 0 Å². The Morgan fingerprint density at radius 1 is 1.67 bits per heavy atom. The summed E-state index contributed by atoms with van der Waals surface area (Å²) in [6.07, 6.45) is 2.22. The van der Waals surface area contributed by atoms with Crippen molar-refractivity contribution in [3.05, 3.63) is 29.3 Å². The molecule has 0 fully saturated rings. The predicted molar refractivity (Wildman–Crippen MR) is 52.0 cm³/mol. The molecule has 0 aromatic rings. The minimum absolute atomic E-state index is 0.177. The first kappa shape index (κ1) is 11.7. The molecule has 2 N–H and O–H groups in total. The highest BCUT2D eigenvalue weighted by molar-refractivity contribution is 6.45. The third-order valence-electron chi connectivity index (χ3n) is 1.96. The Hall–Kier alpha value is -1.36. The van der Waals surface area contributed by atoms with E-state index in [9.17, 15) is 9.18 Å². The first-order chi connectivity index (χ1) is 7.11. The van der Waals surface area contributed by atoms with E-state index < -0.39 is 18.8 Å². The molecule has 80 valence electrons. The molecule has 0 aromatic carbocycles. The molecule has 15 heavy (non-hydrogen) atoms. The summed E-state index contributed by atoms with van der Waals surface area (Å²) in [6, 6.07) is 0. The Morgan fingerprint density at radius 3 is 2.80 bits per heavy atom. The van der Waals surface area contributed by atoms with Gasteiger partial charge in [-0.2, -0.15) is 0 Å². The van der Waals surface area contributed by atoms with Gasteiger partial charge in [-0.3, -0.25) is 0 Å². The first-order valence-corrected chi connectivity index (χ1v) is 4.44. The second-order valence-corrected chi connectivity index (χ2v) is 2.92. The van der Waals surface area contributed by atoms with Gasteiger partial charge in [-0.15, -0.1) is 0 Å². The minimum Gasteiger partial charge on any atom is -0.490 e. The SMILES string of the molecule is CCOC1=C(F)C=CC(B(O)O)C1=C=O. The molecule has 0 heterocycles. The molecule has 0 aromatic heterocycles. The zero-order valence-corrected chi connectivity index (χ0v) is 8.11. The van der Waals surface area contributed by atoms with Gasteiger partial charge >= 0.3 is 7.12 Å². The summed E-state index contributed by atoms with van der Waals surface area (Å²) >= 11 is 0. The van der Waals surface area contributed by atoms with Gasteiger partial charge in [0.15, 0.2) is 11.6 Å². The molecule has 0 radical (unpaired) electrons. The minimum atomic E-state index is -1.78. The van der Waals surface area contributed by atoms with Crippen LogP contribution in [-0.4, -0.2) is 29.7 Å². The standard InChI is InChI=1S/C9H10BFO4/c1-2-15-9-6(5-12)7(10(13)14)3-4-8(9)11/h3-4,7,13-14H,2H2,1H3. The molecular formula is C9H10BFO4. The Bertz CT molecular complexity index is 355. The molecule has 1 unspecified atom stereocenters. The summed E-state index contributed by atoms with van der Waals surface area (Å²) in [5.41, 5.74) is -0.216. The number of halogens is 1. The monoisotopic (exact) mass is 212 g/mol. The van der Waals surface area contributed by atoms with Crippen molar-refractivity contribution >= 4 is 13.1 Å². The molecule has 0 saturated heterocycles. The van der Waals surface area contributed by atoms with E-state index in [0.717, 1.165) is 6.08 Å². The van der Waals surface area contributed by atoms with Crippen molar-refractivity contribution in [2.45, 2.75) is 12.7 Å². The number of carbonyl (C=O) groups excluding carboxylic acids is 1. The predicted octanol–water partition coefficient (Wildman–Crippen LogP) is 0.375. The molecule has 1 aliphatic rings. The molecule has 1 rings (SSSR count). The first-order valence-electron chi connectivity index (χ1n) is 4.44. The van der Waals surface area contributed by atoms with Crippen LogP contribution in [0, 0.1) is 0 Å². The highest BCUT2D eigenvalue weighted by atomic mass is 19.1. The summed E-state index contributed by atoms with van der Waals surface area (Å²) in [6.45, 7) is 1.81. The van der Waals surface area contributed by atoms with Crippen LogP contribution in [0.15, 0.2) is 29.3 Å². The van der Waals surface area contributed by atoms with Crippen molar-refractivity contribution in [2.75, 3.05) is 6.61 Å². The number of hydrogen-bond donors (Lipinski definition) is 2. The number of allylic oxidation sites excluding steroid dienone is 4. The maximum Gasteiger partial charge on any atom is 0.464 e. The van der Waals surface area contributed by atoms with Gasteiger partial charge in [0, 0.05) is 0 Å². The molecule has 0 spiro atoms. The molecule has 1 atom stereocenters. The summed E-state index contributed by atoms with van der Waals surface area (Å²) in [5, 5.41) is 17.9. The van der Waals surface area contributed by atoms with Crippen molar-refractivity contribution in [1.82, 2.24) is 0 Å². The fourth-order valence-corrected chi connectivity index (χ4v) is 1.29. The highest BCUT2D eigenvalue weighted by Crippen LogP contribution is 2.33. The van der Waals surface area contributed by atoms with Crippen LogP contribution in [0.1, 0.15) is 6.92 Å². The molecule has 1 aliphatic carbocycles. The topological polar surface area (TPSA) is 66.8 Å². The van der Waals surface area contributed by atoms with Gasteiger partial charge in [0.05, 0.1) is 18.0 Å². The molecular weight excluding hydrogens is 202 g/mol. The fraction of sp³-hybridized carbons (Fsp3) is 0.333. The van der Waals surface area contributed by atoms with Gasteiger partial charge in [0.2, 0.25) is 0 Å². The number of hydrogen-bond acceptors (Lipinski definition) is 4. The lowest BCUT2D eigenvalue weighted by atomic mass is 9.67. The van der Waals surface area contributed by atoms with Gasteiger partial charge in [-0.25, -0.2) is 9.18 Å². The van der Waals surface area contributed by atoms with E-state index in [1.807, 2.05) is 0 Å². The molecule has 0 bridgehead atoms. The lowest BCUT2D eigenvalue weighted by molar-refractivity contribution is 0.225. The Balaban J connectivity index is 3.10. The second kappa shape index (κ2) is 4.93. The van der Waals surface area contributed by atoms with Crippen LogP contribution in [0.25, 0.3) is 0 Å². The van der Waals surface area contributed by atoms with Gasteiger partial charge in [-0.1, -0.05) is 6.08 Å². The summed E-state index contributed by atoms with van der Waals surface area (Å²) < 4.78 is 18.1. The smallest absolute Gasteiger partial charge is 0.464 e. The van der Waals surface area contributed by atoms with E-state index in [-0.39, 0.29) is 17.9 Å². The van der Waals surface area contributed by atoms with E-state index >= 15 is 0 Å². The Morgan fingerprint density at radius 2 is 2.33 bits per heavy atom. The molecule has 0 saturated carbocycles. The lowest BCUT2D eigenvalue weighted by Gasteiger charge is -2.19. The largest absolute Gasteiger partial charge is 0.490 e. The molecule has 0 aliphatic heterocycles. The quantitative estimate of drug-likeness (QED) is 0.524. The highest BCUT2D eigenvalue weighted by Gasteiger charge is 2.33. The fourth-order valence-electron chi connectivity index (χ4n) is 1.29. The zero-order valence-electron chi connectivity index (χ0n) is 8.11. The van der Waals surface area contributed by atoms with E-state index in [1.165, 1.54) is 12.0 Å². The van der Waals surface area contributed by atoms with Gasteiger partial charge in [0.25, 0.3) is 0 Å². The second-order valence-electron chi connectivity index (χ2n) is 2.92. The van der Waals surface area contributed by atoms with Gasteiger partial charge < -0.3 is 14.8 Å². The van der Waals surface area contributed by atoms with Crippen LogP contribution in [0.5, 0.6) is 0 Å². The number of rotatable bonds is 3. The molecule has 0 amide bonds. The van der Waals surface area contributed by atoms with E-state index in [4.69, 9.17) is 14.8 Å². The van der Waals surface area contributed by atoms with Crippen molar-refractivity contribution in [1.29, 1.82) is 0 Å².